The summed E-state index contributed by atoms with van der Waals surface area (Å²) in [5.74, 6) is -0.609. The molecule has 0 aliphatic carbocycles. The lowest BCUT2D eigenvalue weighted by atomic mass is 10.2. The van der Waals surface area contributed by atoms with Crippen molar-refractivity contribution in [3.05, 3.63) is 47.7 Å². The summed E-state index contributed by atoms with van der Waals surface area (Å²) in [6, 6.07) is 9.14. The highest BCUT2D eigenvalue weighted by Gasteiger charge is 2.05. The summed E-state index contributed by atoms with van der Waals surface area (Å²) in [5.41, 5.74) is 2.06. The van der Waals surface area contributed by atoms with E-state index >= 15 is 0 Å². The normalized spacial score (nSPS) is 9.94. The van der Waals surface area contributed by atoms with E-state index in [9.17, 15) is 4.79 Å². The molecule has 17 heavy (non-hydrogen) atoms. The maximum Gasteiger partial charge on any atom is 0.337 e. The Hall–Kier alpha value is -2.43. The molecular formula is C12H11N3O2. The topological polar surface area (TPSA) is 75.1 Å². The lowest BCUT2D eigenvalue weighted by Gasteiger charge is -2.05. The largest absolute Gasteiger partial charge is 0.478 e. The monoisotopic (exact) mass is 229 g/mol. The van der Waals surface area contributed by atoms with Gasteiger partial charge in [-0.3, -0.25) is 0 Å². The molecule has 0 unspecified atom stereocenters. The van der Waals surface area contributed by atoms with Crippen molar-refractivity contribution in [2.24, 2.45) is 0 Å². The number of hydrogen-bond acceptors (Lipinski definition) is 4. The maximum absolute atomic E-state index is 10.8. The number of rotatable bonds is 3. The van der Waals surface area contributed by atoms with E-state index < -0.39 is 5.97 Å². The van der Waals surface area contributed by atoms with Gasteiger partial charge in [-0.25, -0.2) is 4.79 Å². The summed E-state index contributed by atoms with van der Waals surface area (Å²) in [4.78, 5) is 10.8. The van der Waals surface area contributed by atoms with Crippen LogP contribution in [-0.2, 0) is 0 Å². The van der Waals surface area contributed by atoms with E-state index in [0.29, 0.717) is 5.82 Å². The van der Waals surface area contributed by atoms with Crippen molar-refractivity contribution < 1.29 is 9.90 Å². The lowest BCUT2D eigenvalue weighted by molar-refractivity contribution is 0.0696. The molecule has 0 aliphatic heterocycles. The number of aromatic nitrogens is 2. The van der Waals surface area contributed by atoms with Gasteiger partial charge in [0, 0.05) is 5.69 Å². The molecule has 2 N–H and O–H groups in total. The van der Waals surface area contributed by atoms with Crippen molar-refractivity contribution in [2.75, 3.05) is 5.32 Å². The van der Waals surface area contributed by atoms with Crippen LogP contribution >= 0.6 is 0 Å². The number of carboxylic acids is 1. The van der Waals surface area contributed by atoms with E-state index in [1.165, 1.54) is 12.3 Å². The standard InChI is InChI=1S/C12H11N3O2/c1-8-3-2-4-10(5-8)14-11-6-9(12(16)17)7-13-15-11/h2-7H,1H3,(H,14,15)(H,16,17). The molecule has 0 radical (unpaired) electrons. The lowest BCUT2D eigenvalue weighted by Crippen LogP contribution is -2.01. The number of nitrogens with one attached hydrogen (secondary N) is 1. The average Bonchev–Trinajstić information content (AvgIpc) is 2.29. The predicted octanol–water partition coefficient (Wildman–Crippen LogP) is 2.23. The summed E-state index contributed by atoms with van der Waals surface area (Å²) in [7, 11) is 0. The van der Waals surface area contributed by atoms with Crippen LogP contribution in [0.5, 0.6) is 0 Å². The first-order chi connectivity index (χ1) is 8.15. The average molecular weight is 229 g/mol. The van der Waals surface area contributed by atoms with Crippen LogP contribution in [0.4, 0.5) is 11.5 Å². The van der Waals surface area contributed by atoms with Gasteiger partial charge in [0.1, 0.15) is 0 Å². The van der Waals surface area contributed by atoms with Crippen molar-refractivity contribution in [1.82, 2.24) is 10.2 Å². The first-order valence-corrected chi connectivity index (χ1v) is 5.05. The van der Waals surface area contributed by atoms with Gasteiger partial charge in [0.25, 0.3) is 0 Å². The number of carboxylic acid groups (broad SMARTS) is 1. The first kappa shape index (κ1) is 11.1. The Balaban J connectivity index is 2.24. The predicted molar refractivity (Wildman–Crippen MR) is 63.5 cm³/mol. The number of carbonyl (C=O) groups is 1. The molecule has 1 aromatic heterocycles. The molecule has 5 nitrogen and oxygen atoms in total. The number of hydrogen-bond donors (Lipinski definition) is 2. The van der Waals surface area contributed by atoms with Crippen molar-refractivity contribution in [2.45, 2.75) is 6.92 Å². The minimum absolute atomic E-state index is 0.107. The molecule has 86 valence electrons. The minimum Gasteiger partial charge on any atom is -0.478 e. The van der Waals surface area contributed by atoms with Crippen LogP contribution in [0.2, 0.25) is 0 Å². The third kappa shape index (κ3) is 2.78. The van der Waals surface area contributed by atoms with Gasteiger partial charge in [-0.2, -0.15) is 5.10 Å². The second-order valence-corrected chi connectivity index (χ2v) is 3.63. The Labute approximate surface area is 98.1 Å². The fourth-order valence-electron chi connectivity index (χ4n) is 1.42. The van der Waals surface area contributed by atoms with Gasteiger partial charge in [0.15, 0.2) is 5.82 Å². The third-order valence-electron chi connectivity index (χ3n) is 2.19. The molecule has 0 aliphatic rings. The zero-order valence-electron chi connectivity index (χ0n) is 9.21. The van der Waals surface area contributed by atoms with Crippen molar-refractivity contribution in [3.63, 3.8) is 0 Å². The molecule has 1 aromatic carbocycles. The zero-order chi connectivity index (χ0) is 12.3. The van der Waals surface area contributed by atoms with Gasteiger partial charge >= 0.3 is 5.97 Å². The van der Waals surface area contributed by atoms with Gasteiger partial charge in [-0.15, -0.1) is 5.10 Å². The summed E-state index contributed by atoms with van der Waals surface area (Å²) < 4.78 is 0. The fraction of sp³-hybridized carbons (Fsp3) is 0.0833. The van der Waals surface area contributed by atoms with Gasteiger partial charge in [0.2, 0.25) is 0 Å². The second-order valence-electron chi connectivity index (χ2n) is 3.63. The molecule has 5 heteroatoms. The molecule has 0 amide bonds. The van der Waals surface area contributed by atoms with Gasteiger partial charge in [0.05, 0.1) is 11.8 Å². The van der Waals surface area contributed by atoms with Crippen LogP contribution in [0.1, 0.15) is 15.9 Å². The Morgan fingerprint density at radius 2 is 2.18 bits per heavy atom. The zero-order valence-corrected chi connectivity index (χ0v) is 9.21. The van der Waals surface area contributed by atoms with E-state index in [-0.39, 0.29) is 5.56 Å². The summed E-state index contributed by atoms with van der Waals surface area (Å²) >= 11 is 0. The molecule has 0 saturated heterocycles. The van der Waals surface area contributed by atoms with Crippen LogP contribution in [0, 0.1) is 6.92 Å². The molecule has 0 fully saturated rings. The van der Waals surface area contributed by atoms with Crippen LogP contribution in [0.15, 0.2) is 36.5 Å². The van der Waals surface area contributed by atoms with Crippen molar-refractivity contribution in [3.8, 4) is 0 Å². The van der Waals surface area contributed by atoms with Crippen LogP contribution in [-0.4, -0.2) is 21.3 Å². The summed E-state index contributed by atoms with van der Waals surface area (Å²) in [6.07, 6.45) is 1.21. The molecule has 0 atom stereocenters. The van der Waals surface area contributed by atoms with Gasteiger partial charge in [-0.05, 0) is 30.7 Å². The number of benzene rings is 1. The number of aromatic carboxylic acids is 1. The van der Waals surface area contributed by atoms with E-state index in [1.807, 2.05) is 31.2 Å². The van der Waals surface area contributed by atoms with E-state index in [1.54, 1.807) is 0 Å². The number of nitrogens with zero attached hydrogens (tertiary/aromatic N) is 2. The van der Waals surface area contributed by atoms with Gasteiger partial charge in [-0.1, -0.05) is 12.1 Å². The Bertz CT molecular complexity index is 555. The molecular weight excluding hydrogens is 218 g/mol. The van der Waals surface area contributed by atoms with E-state index in [2.05, 4.69) is 15.5 Å². The highest BCUT2D eigenvalue weighted by molar-refractivity contribution is 5.88. The smallest absolute Gasteiger partial charge is 0.337 e. The fourth-order valence-corrected chi connectivity index (χ4v) is 1.42. The second kappa shape index (κ2) is 4.61. The highest BCUT2D eigenvalue weighted by Crippen LogP contribution is 2.15. The highest BCUT2D eigenvalue weighted by atomic mass is 16.4. The minimum atomic E-state index is -1.02. The number of aryl methyl sites for hydroxylation is 1. The SMILES string of the molecule is Cc1cccc(Nc2cc(C(=O)O)cnn2)c1. The molecule has 2 rings (SSSR count). The maximum atomic E-state index is 10.8. The molecule has 0 bridgehead atoms. The molecule has 1 heterocycles. The van der Waals surface area contributed by atoms with Crippen molar-refractivity contribution >= 4 is 17.5 Å². The number of anilines is 2. The summed E-state index contributed by atoms with van der Waals surface area (Å²) in [6.45, 7) is 1.98. The Morgan fingerprint density at radius 1 is 1.35 bits per heavy atom. The molecule has 0 spiro atoms. The Morgan fingerprint density at radius 3 is 2.88 bits per heavy atom. The van der Waals surface area contributed by atoms with E-state index in [0.717, 1.165) is 11.3 Å². The third-order valence-corrected chi connectivity index (χ3v) is 2.19. The molecule has 0 saturated carbocycles. The van der Waals surface area contributed by atoms with E-state index in [4.69, 9.17) is 5.11 Å². The first-order valence-electron chi connectivity index (χ1n) is 5.05. The van der Waals surface area contributed by atoms with Crippen LogP contribution in [0.25, 0.3) is 0 Å². The van der Waals surface area contributed by atoms with Gasteiger partial charge < -0.3 is 10.4 Å². The van der Waals surface area contributed by atoms with Crippen molar-refractivity contribution in [1.29, 1.82) is 0 Å². The Kier molecular flexibility index (Phi) is 3.00. The summed E-state index contributed by atoms with van der Waals surface area (Å²) in [5, 5.41) is 19.3. The quantitative estimate of drug-likeness (QED) is 0.844. The molecule has 2 aromatic rings. The van der Waals surface area contributed by atoms with Crippen LogP contribution in [0.3, 0.4) is 0 Å². The van der Waals surface area contributed by atoms with Crippen LogP contribution < -0.4 is 5.32 Å².